The monoisotopic (exact) mass is 389 g/mol. The molecule has 1 amide bonds. The molecule has 0 spiro atoms. The number of anilines is 1. The topological polar surface area (TPSA) is 64.7 Å². The van der Waals surface area contributed by atoms with Gasteiger partial charge in [0.1, 0.15) is 11.6 Å². The molecule has 0 saturated heterocycles. The zero-order valence-corrected chi connectivity index (χ0v) is 16.3. The molecule has 0 radical (unpaired) electrons. The number of amides is 1. The summed E-state index contributed by atoms with van der Waals surface area (Å²) in [6, 6.07) is 16.9. The lowest BCUT2D eigenvalue weighted by Crippen LogP contribution is -2.15. The number of aryl methyl sites for hydroxylation is 3. The minimum absolute atomic E-state index is 0.256. The Morgan fingerprint density at radius 1 is 0.828 bits per heavy atom. The van der Waals surface area contributed by atoms with E-state index in [1.807, 2.05) is 43.7 Å². The molecule has 0 atom stereocenters. The van der Waals surface area contributed by atoms with Crippen LogP contribution in [0.3, 0.4) is 0 Å². The lowest BCUT2D eigenvalue weighted by molar-refractivity contribution is 0.102. The van der Waals surface area contributed by atoms with E-state index in [0.29, 0.717) is 17.1 Å². The van der Waals surface area contributed by atoms with Crippen LogP contribution in [0.4, 0.5) is 10.2 Å². The average Bonchev–Trinajstić information content (AvgIpc) is 3.23. The van der Waals surface area contributed by atoms with Gasteiger partial charge in [-0.25, -0.2) is 13.8 Å². The van der Waals surface area contributed by atoms with E-state index in [1.165, 1.54) is 12.1 Å². The molecule has 0 fully saturated rings. The van der Waals surface area contributed by atoms with Gasteiger partial charge in [-0.1, -0.05) is 0 Å². The molecule has 2 aromatic heterocycles. The molecule has 7 heteroatoms. The van der Waals surface area contributed by atoms with Gasteiger partial charge >= 0.3 is 0 Å². The molecule has 29 heavy (non-hydrogen) atoms. The Hall–Kier alpha value is -3.74. The van der Waals surface area contributed by atoms with E-state index in [-0.39, 0.29) is 11.7 Å². The van der Waals surface area contributed by atoms with Crippen LogP contribution in [0, 0.1) is 26.6 Å². The minimum Gasteiger partial charge on any atom is -0.306 e. The maximum Gasteiger partial charge on any atom is 0.256 e. The predicted molar refractivity (Wildman–Crippen MR) is 109 cm³/mol. The highest BCUT2D eigenvalue weighted by Gasteiger charge is 2.13. The zero-order valence-electron chi connectivity index (χ0n) is 16.3. The van der Waals surface area contributed by atoms with E-state index < -0.39 is 0 Å². The highest BCUT2D eigenvalue weighted by molar-refractivity contribution is 6.04. The van der Waals surface area contributed by atoms with Gasteiger partial charge in [0, 0.05) is 17.3 Å². The fourth-order valence-electron chi connectivity index (χ4n) is 3.20. The number of carbonyl (C=O) groups excluding carboxylic acids is 1. The van der Waals surface area contributed by atoms with Crippen molar-refractivity contribution in [1.29, 1.82) is 0 Å². The number of hydrogen-bond donors (Lipinski definition) is 1. The van der Waals surface area contributed by atoms with E-state index in [4.69, 9.17) is 0 Å². The summed E-state index contributed by atoms with van der Waals surface area (Å²) in [6.45, 7) is 5.76. The van der Waals surface area contributed by atoms with Crippen molar-refractivity contribution < 1.29 is 9.18 Å². The zero-order chi connectivity index (χ0) is 20.5. The molecule has 4 aromatic rings. The van der Waals surface area contributed by atoms with Crippen molar-refractivity contribution in [2.45, 2.75) is 20.8 Å². The molecule has 4 rings (SSSR count). The molecule has 0 aliphatic carbocycles. The van der Waals surface area contributed by atoms with E-state index in [0.717, 1.165) is 22.8 Å². The van der Waals surface area contributed by atoms with Gasteiger partial charge in [0.2, 0.25) is 0 Å². The van der Waals surface area contributed by atoms with Gasteiger partial charge in [0.15, 0.2) is 0 Å². The molecular formula is C22H20FN5O. The van der Waals surface area contributed by atoms with Gasteiger partial charge in [-0.15, -0.1) is 0 Å². The summed E-state index contributed by atoms with van der Waals surface area (Å²) in [7, 11) is 0. The first-order chi connectivity index (χ1) is 13.9. The largest absolute Gasteiger partial charge is 0.306 e. The van der Waals surface area contributed by atoms with Crippen LogP contribution in [-0.4, -0.2) is 25.5 Å². The molecule has 0 aliphatic rings. The summed E-state index contributed by atoms with van der Waals surface area (Å²) in [5.41, 5.74) is 4.77. The second-order valence-corrected chi connectivity index (χ2v) is 6.90. The highest BCUT2D eigenvalue weighted by atomic mass is 19.1. The molecule has 6 nitrogen and oxygen atoms in total. The number of halogens is 1. The number of nitrogens with one attached hydrogen (secondary N) is 1. The van der Waals surface area contributed by atoms with Gasteiger partial charge in [-0.3, -0.25) is 4.79 Å². The lowest BCUT2D eigenvalue weighted by atomic mass is 10.2. The molecular weight excluding hydrogens is 369 g/mol. The van der Waals surface area contributed by atoms with Crippen LogP contribution in [0.25, 0.3) is 11.4 Å². The van der Waals surface area contributed by atoms with Crippen molar-refractivity contribution in [3.63, 3.8) is 0 Å². The number of benzene rings is 2. The molecule has 0 saturated carbocycles. The molecule has 2 heterocycles. The number of hydrogen-bond acceptors (Lipinski definition) is 3. The Balaban J connectivity index is 1.57. The van der Waals surface area contributed by atoms with Crippen molar-refractivity contribution in [3.8, 4) is 11.4 Å². The lowest BCUT2D eigenvalue weighted by Gasteiger charge is -2.10. The van der Waals surface area contributed by atoms with Gasteiger partial charge in [-0.05, 0) is 75.4 Å². The third-order valence-corrected chi connectivity index (χ3v) is 4.53. The van der Waals surface area contributed by atoms with E-state index in [9.17, 15) is 9.18 Å². The number of aromatic nitrogens is 4. The summed E-state index contributed by atoms with van der Waals surface area (Å²) < 4.78 is 16.6. The van der Waals surface area contributed by atoms with Crippen molar-refractivity contribution in [2.75, 3.05) is 5.32 Å². The average molecular weight is 389 g/mol. The Bertz CT molecular complexity index is 1170. The van der Waals surface area contributed by atoms with Gasteiger partial charge in [-0.2, -0.15) is 10.2 Å². The highest BCUT2D eigenvalue weighted by Crippen LogP contribution is 2.19. The molecule has 1 N–H and O–H groups in total. The van der Waals surface area contributed by atoms with Crippen molar-refractivity contribution in [3.05, 3.63) is 89.1 Å². The first-order valence-electron chi connectivity index (χ1n) is 9.18. The van der Waals surface area contributed by atoms with Gasteiger partial charge < -0.3 is 5.32 Å². The fourth-order valence-corrected chi connectivity index (χ4v) is 3.20. The molecule has 0 aliphatic heterocycles. The summed E-state index contributed by atoms with van der Waals surface area (Å²) >= 11 is 0. The second kappa shape index (κ2) is 7.35. The maximum atomic E-state index is 13.2. The Labute approximate surface area is 167 Å². The predicted octanol–water partition coefficient (Wildman–Crippen LogP) is 4.37. The quantitative estimate of drug-likeness (QED) is 0.564. The number of carbonyl (C=O) groups is 1. The molecule has 2 aromatic carbocycles. The van der Waals surface area contributed by atoms with Crippen LogP contribution >= 0.6 is 0 Å². The summed E-state index contributed by atoms with van der Waals surface area (Å²) in [4.78, 5) is 12.7. The fraction of sp³-hybridized carbons (Fsp3) is 0.136. The number of nitrogens with zero attached hydrogens (tertiary/aromatic N) is 4. The van der Waals surface area contributed by atoms with Crippen LogP contribution < -0.4 is 5.32 Å². The third kappa shape index (κ3) is 3.80. The van der Waals surface area contributed by atoms with Crippen LogP contribution in [0.2, 0.25) is 0 Å². The first-order valence-corrected chi connectivity index (χ1v) is 9.18. The van der Waals surface area contributed by atoms with Gasteiger partial charge in [0.25, 0.3) is 5.91 Å². The van der Waals surface area contributed by atoms with Gasteiger partial charge in [0.05, 0.1) is 22.8 Å². The van der Waals surface area contributed by atoms with Crippen molar-refractivity contribution in [2.24, 2.45) is 0 Å². The minimum atomic E-state index is -0.328. The van der Waals surface area contributed by atoms with Crippen molar-refractivity contribution in [1.82, 2.24) is 19.6 Å². The van der Waals surface area contributed by atoms with E-state index in [2.05, 4.69) is 15.5 Å². The smallest absolute Gasteiger partial charge is 0.256 e. The van der Waals surface area contributed by atoms with Crippen molar-refractivity contribution >= 4 is 11.7 Å². The van der Waals surface area contributed by atoms with Crippen LogP contribution in [0.15, 0.2) is 60.7 Å². The van der Waals surface area contributed by atoms with Crippen LogP contribution in [0.5, 0.6) is 0 Å². The molecule has 146 valence electrons. The molecule has 0 unspecified atom stereocenters. The summed E-state index contributed by atoms with van der Waals surface area (Å²) in [5, 5.41) is 11.7. The van der Waals surface area contributed by atoms with Crippen LogP contribution in [-0.2, 0) is 0 Å². The summed E-state index contributed by atoms with van der Waals surface area (Å²) in [6.07, 6.45) is 0. The Morgan fingerprint density at radius 2 is 1.38 bits per heavy atom. The SMILES string of the molecule is Cc1cc(C)n(-c2ccc(C(=O)Nc3cc(C)nn3-c3ccc(F)cc3)cc2)n1. The Morgan fingerprint density at radius 3 is 2.00 bits per heavy atom. The molecule has 0 bridgehead atoms. The third-order valence-electron chi connectivity index (χ3n) is 4.53. The second-order valence-electron chi connectivity index (χ2n) is 6.90. The maximum absolute atomic E-state index is 13.2. The van der Waals surface area contributed by atoms with E-state index in [1.54, 1.807) is 35.0 Å². The van der Waals surface area contributed by atoms with Crippen LogP contribution in [0.1, 0.15) is 27.4 Å². The number of rotatable bonds is 4. The summed E-state index contributed by atoms with van der Waals surface area (Å²) in [5.74, 6) is -0.0687. The Kier molecular flexibility index (Phi) is 4.72. The standard InChI is InChI=1S/C22H20FN5O/c1-14-12-16(3)27(25-14)19-8-4-17(5-9-19)22(29)24-21-13-15(2)26-28(21)20-10-6-18(23)7-11-20/h4-13H,1-3H3,(H,24,29). The first kappa shape index (κ1) is 18.6. The normalized spacial score (nSPS) is 10.9. The van der Waals surface area contributed by atoms with E-state index >= 15 is 0 Å².